The molecule has 1 aromatic carbocycles. The molecule has 0 amide bonds. The summed E-state index contributed by atoms with van der Waals surface area (Å²) < 4.78 is 5.50. The topological polar surface area (TPSA) is 66.1 Å². The fourth-order valence-electron chi connectivity index (χ4n) is 2.05. The second-order valence-corrected chi connectivity index (χ2v) is 4.16. The van der Waals surface area contributed by atoms with Gasteiger partial charge in [-0.1, -0.05) is 6.07 Å². The minimum absolute atomic E-state index is 0.0837. The van der Waals surface area contributed by atoms with Gasteiger partial charge in [0.1, 0.15) is 24.0 Å². The Bertz CT molecular complexity index is 630. The van der Waals surface area contributed by atoms with E-state index in [0.717, 1.165) is 22.0 Å². The summed E-state index contributed by atoms with van der Waals surface area (Å²) in [6, 6.07) is 6.05. The van der Waals surface area contributed by atoms with E-state index < -0.39 is 0 Å². The lowest BCUT2D eigenvalue weighted by Gasteiger charge is -2.12. The smallest absolute Gasteiger partial charge is 0.148 e. The molecule has 0 aliphatic rings. The van der Waals surface area contributed by atoms with Crippen LogP contribution in [0.2, 0.25) is 0 Å². The SMILES string of the molecule is Cc1cc(C)c2c(OCCO)c(C#N)cnc2c1. The molecule has 0 saturated heterocycles. The third kappa shape index (κ3) is 2.13. The van der Waals surface area contributed by atoms with Crippen molar-refractivity contribution in [3.05, 3.63) is 35.0 Å². The van der Waals surface area contributed by atoms with Crippen LogP contribution in [0.15, 0.2) is 18.3 Å². The maximum Gasteiger partial charge on any atom is 0.148 e. The van der Waals surface area contributed by atoms with Crippen molar-refractivity contribution in [3.63, 3.8) is 0 Å². The summed E-state index contributed by atoms with van der Waals surface area (Å²) in [6.45, 7) is 4.05. The number of nitriles is 1. The van der Waals surface area contributed by atoms with E-state index in [1.54, 1.807) is 0 Å². The number of benzene rings is 1. The van der Waals surface area contributed by atoms with Crippen LogP contribution >= 0.6 is 0 Å². The second kappa shape index (κ2) is 5.03. The van der Waals surface area contributed by atoms with Gasteiger partial charge in [0.15, 0.2) is 0 Å². The van der Waals surface area contributed by atoms with Crippen molar-refractivity contribution in [3.8, 4) is 11.8 Å². The average molecular weight is 242 g/mol. The molecule has 0 aliphatic carbocycles. The Morgan fingerprint density at radius 1 is 1.39 bits per heavy atom. The molecule has 1 N–H and O–H groups in total. The lowest BCUT2D eigenvalue weighted by atomic mass is 10.0. The van der Waals surface area contributed by atoms with E-state index in [4.69, 9.17) is 15.1 Å². The van der Waals surface area contributed by atoms with Gasteiger partial charge in [0.25, 0.3) is 0 Å². The van der Waals surface area contributed by atoms with E-state index in [-0.39, 0.29) is 13.2 Å². The summed E-state index contributed by atoms with van der Waals surface area (Å²) in [7, 11) is 0. The van der Waals surface area contributed by atoms with Gasteiger partial charge < -0.3 is 9.84 Å². The van der Waals surface area contributed by atoms with E-state index in [0.29, 0.717) is 11.3 Å². The Morgan fingerprint density at radius 2 is 2.17 bits per heavy atom. The van der Waals surface area contributed by atoms with Crippen LogP contribution in [0.4, 0.5) is 0 Å². The minimum atomic E-state index is -0.0837. The monoisotopic (exact) mass is 242 g/mol. The molecule has 0 atom stereocenters. The predicted octanol–water partition coefficient (Wildman–Crippen LogP) is 2.09. The first-order valence-electron chi connectivity index (χ1n) is 5.71. The molecular formula is C14H14N2O2. The summed E-state index contributed by atoms with van der Waals surface area (Å²) in [5.74, 6) is 0.508. The van der Waals surface area contributed by atoms with Crippen molar-refractivity contribution >= 4 is 10.9 Å². The fourth-order valence-corrected chi connectivity index (χ4v) is 2.05. The zero-order chi connectivity index (χ0) is 13.1. The first kappa shape index (κ1) is 12.3. The number of aliphatic hydroxyl groups excluding tert-OH is 1. The number of nitrogens with zero attached hydrogens (tertiary/aromatic N) is 2. The lowest BCUT2D eigenvalue weighted by Crippen LogP contribution is -2.04. The summed E-state index contributed by atoms with van der Waals surface area (Å²) in [5.41, 5.74) is 3.33. The van der Waals surface area contributed by atoms with Crippen molar-refractivity contribution in [2.45, 2.75) is 13.8 Å². The highest BCUT2D eigenvalue weighted by atomic mass is 16.5. The first-order valence-corrected chi connectivity index (χ1v) is 5.71. The summed E-state index contributed by atoms with van der Waals surface area (Å²) >= 11 is 0. The molecule has 4 heteroatoms. The van der Waals surface area contributed by atoms with E-state index >= 15 is 0 Å². The molecule has 4 nitrogen and oxygen atoms in total. The zero-order valence-electron chi connectivity index (χ0n) is 10.4. The Morgan fingerprint density at radius 3 is 2.83 bits per heavy atom. The molecule has 0 radical (unpaired) electrons. The van der Waals surface area contributed by atoms with E-state index in [9.17, 15) is 0 Å². The van der Waals surface area contributed by atoms with Crippen LogP contribution in [0.1, 0.15) is 16.7 Å². The number of pyridine rings is 1. The van der Waals surface area contributed by atoms with Gasteiger partial charge in [0.05, 0.1) is 12.1 Å². The number of aryl methyl sites for hydroxylation is 2. The molecular weight excluding hydrogens is 228 g/mol. The number of rotatable bonds is 3. The highest BCUT2D eigenvalue weighted by Crippen LogP contribution is 2.31. The molecule has 0 unspecified atom stereocenters. The van der Waals surface area contributed by atoms with Crippen molar-refractivity contribution in [1.82, 2.24) is 4.98 Å². The molecule has 92 valence electrons. The van der Waals surface area contributed by atoms with Crippen molar-refractivity contribution in [2.75, 3.05) is 13.2 Å². The van der Waals surface area contributed by atoms with Crippen molar-refractivity contribution < 1.29 is 9.84 Å². The Labute approximate surface area is 105 Å². The average Bonchev–Trinajstić information content (AvgIpc) is 2.35. The molecule has 18 heavy (non-hydrogen) atoms. The maximum absolute atomic E-state index is 9.09. The van der Waals surface area contributed by atoms with E-state index in [1.807, 2.05) is 26.0 Å². The molecule has 2 aromatic rings. The largest absolute Gasteiger partial charge is 0.489 e. The van der Waals surface area contributed by atoms with Gasteiger partial charge in [-0.05, 0) is 31.0 Å². The standard InChI is InChI=1S/C14H14N2O2/c1-9-5-10(2)13-12(6-9)16-8-11(7-15)14(13)18-4-3-17/h5-6,8,17H,3-4H2,1-2H3. The first-order chi connectivity index (χ1) is 8.67. The molecule has 2 rings (SSSR count). The van der Waals surface area contributed by atoms with E-state index in [1.165, 1.54) is 6.20 Å². The number of ether oxygens (including phenoxy) is 1. The third-order valence-electron chi connectivity index (χ3n) is 2.72. The molecule has 0 aliphatic heterocycles. The molecule has 0 saturated carbocycles. The predicted molar refractivity (Wildman–Crippen MR) is 68.5 cm³/mol. The highest BCUT2D eigenvalue weighted by molar-refractivity contribution is 5.90. The molecule has 0 bridgehead atoms. The van der Waals surface area contributed by atoms with Gasteiger partial charge in [0, 0.05) is 11.6 Å². The van der Waals surface area contributed by atoms with Gasteiger partial charge >= 0.3 is 0 Å². The minimum Gasteiger partial charge on any atom is -0.489 e. The Balaban J connectivity index is 2.73. The number of fused-ring (bicyclic) bond motifs is 1. The summed E-state index contributed by atoms with van der Waals surface area (Å²) in [4.78, 5) is 4.28. The van der Waals surface area contributed by atoms with Crippen molar-refractivity contribution in [1.29, 1.82) is 5.26 Å². The van der Waals surface area contributed by atoms with Crippen LogP contribution in [0.5, 0.6) is 5.75 Å². The van der Waals surface area contributed by atoms with Gasteiger partial charge in [0.2, 0.25) is 0 Å². The van der Waals surface area contributed by atoms with E-state index in [2.05, 4.69) is 11.1 Å². The van der Waals surface area contributed by atoms with Crippen LogP contribution in [0.25, 0.3) is 10.9 Å². The Kier molecular flexibility index (Phi) is 3.45. The van der Waals surface area contributed by atoms with Crippen LogP contribution in [0.3, 0.4) is 0 Å². The number of hydrogen-bond donors (Lipinski definition) is 1. The highest BCUT2D eigenvalue weighted by Gasteiger charge is 2.12. The Hall–Kier alpha value is -2.12. The fraction of sp³-hybridized carbons (Fsp3) is 0.286. The van der Waals surface area contributed by atoms with Crippen LogP contribution in [-0.4, -0.2) is 23.3 Å². The number of hydrogen-bond acceptors (Lipinski definition) is 4. The maximum atomic E-state index is 9.09. The van der Waals surface area contributed by atoms with Crippen LogP contribution in [0, 0.1) is 25.2 Å². The quantitative estimate of drug-likeness (QED) is 0.895. The van der Waals surface area contributed by atoms with Crippen LogP contribution < -0.4 is 4.74 Å². The normalized spacial score (nSPS) is 10.3. The van der Waals surface area contributed by atoms with Gasteiger partial charge in [-0.25, -0.2) is 0 Å². The van der Waals surface area contributed by atoms with Crippen molar-refractivity contribution in [2.24, 2.45) is 0 Å². The molecule has 0 spiro atoms. The zero-order valence-corrected chi connectivity index (χ0v) is 10.4. The van der Waals surface area contributed by atoms with Gasteiger partial charge in [-0.2, -0.15) is 5.26 Å². The molecule has 1 aromatic heterocycles. The molecule has 0 fully saturated rings. The van der Waals surface area contributed by atoms with Gasteiger partial charge in [-0.3, -0.25) is 4.98 Å². The third-order valence-corrected chi connectivity index (χ3v) is 2.72. The lowest BCUT2D eigenvalue weighted by molar-refractivity contribution is 0.202. The summed E-state index contributed by atoms with van der Waals surface area (Å²) in [5, 5.41) is 18.8. The van der Waals surface area contributed by atoms with Gasteiger partial charge in [-0.15, -0.1) is 0 Å². The number of aliphatic hydroxyl groups is 1. The van der Waals surface area contributed by atoms with Crippen LogP contribution in [-0.2, 0) is 0 Å². The molecule has 1 heterocycles. The second-order valence-electron chi connectivity index (χ2n) is 4.16. The summed E-state index contributed by atoms with van der Waals surface area (Å²) in [6.07, 6.45) is 1.51. The number of aromatic nitrogens is 1.